The van der Waals surface area contributed by atoms with Crippen LogP contribution in [-0.2, 0) is 11.4 Å². The second-order valence-corrected chi connectivity index (χ2v) is 11.1. The second-order valence-electron chi connectivity index (χ2n) is 10.00. The van der Waals surface area contributed by atoms with Gasteiger partial charge in [-0.25, -0.2) is 4.68 Å². The predicted octanol–water partition coefficient (Wildman–Crippen LogP) is 7.08. The summed E-state index contributed by atoms with van der Waals surface area (Å²) in [4.78, 5) is 18.8. The van der Waals surface area contributed by atoms with Crippen LogP contribution in [0.1, 0.15) is 50.8 Å². The van der Waals surface area contributed by atoms with E-state index in [-0.39, 0.29) is 5.91 Å². The average Bonchev–Trinajstić information content (AvgIpc) is 3.43. The average molecular weight is 600 g/mol. The highest BCUT2D eigenvalue weighted by molar-refractivity contribution is 7.99. The Morgan fingerprint density at radius 1 is 1.00 bits per heavy atom. The highest BCUT2D eigenvalue weighted by Crippen LogP contribution is 2.40. The van der Waals surface area contributed by atoms with Gasteiger partial charge in [0.25, 0.3) is 5.91 Å². The van der Waals surface area contributed by atoms with Gasteiger partial charge in [0.2, 0.25) is 11.1 Å². The van der Waals surface area contributed by atoms with Crippen molar-refractivity contribution in [1.29, 1.82) is 0 Å². The number of methoxy groups -OCH3 is 1. The monoisotopic (exact) mass is 599 g/mol. The van der Waals surface area contributed by atoms with E-state index in [0.29, 0.717) is 58.5 Å². The van der Waals surface area contributed by atoms with Gasteiger partial charge in [0.05, 0.1) is 25.0 Å². The van der Waals surface area contributed by atoms with E-state index in [1.807, 2.05) is 86.6 Å². The fourth-order valence-corrected chi connectivity index (χ4v) is 5.76. The van der Waals surface area contributed by atoms with Crippen molar-refractivity contribution in [3.8, 4) is 17.2 Å². The highest BCUT2D eigenvalue weighted by atomic mass is 32.2. The van der Waals surface area contributed by atoms with Gasteiger partial charge in [-0.2, -0.15) is 4.98 Å². The molecular weight excluding hydrogens is 562 g/mol. The molecule has 1 amide bonds. The summed E-state index contributed by atoms with van der Waals surface area (Å²) < 4.78 is 19.4. The Balaban J connectivity index is 1.51. The number of aromatic nitrogens is 3. The van der Waals surface area contributed by atoms with Crippen LogP contribution in [-0.4, -0.2) is 40.1 Å². The Morgan fingerprint density at radius 2 is 1.79 bits per heavy atom. The molecule has 0 aliphatic carbocycles. The third kappa shape index (κ3) is 6.97. The Morgan fingerprint density at radius 3 is 2.56 bits per heavy atom. The maximum Gasteiger partial charge on any atom is 0.255 e. The third-order valence-electron chi connectivity index (χ3n) is 6.98. The topological polar surface area (TPSA) is 99.5 Å². The van der Waals surface area contributed by atoms with Crippen LogP contribution >= 0.6 is 11.8 Å². The summed E-state index contributed by atoms with van der Waals surface area (Å²) in [5.74, 6) is 3.00. The van der Waals surface area contributed by atoms with E-state index in [4.69, 9.17) is 24.3 Å². The molecule has 43 heavy (non-hydrogen) atoms. The number of allylic oxidation sites excluding steroid dienone is 1. The maximum atomic E-state index is 14.0. The van der Waals surface area contributed by atoms with Crippen LogP contribution in [0.2, 0.25) is 0 Å². The van der Waals surface area contributed by atoms with Crippen molar-refractivity contribution in [1.82, 2.24) is 14.8 Å². The van der Waals surface area contributed by atoms with Gasteiger partial charge in [0.15, 0.2) is 11.5 Å². The first-order valence-corrected chi connectivity index (χ1v) is 15.5. The van der Waals surface area contributed by atoms with Gasteiger partial charge in [-0.3, -0.25) is 4.79 Å². The molecule has 5 rings (SSSR count). The number of unbranched alkanes of at least 4 members (excludes halogenated alkanes) is 1. The van der Waals surface area contributed by atoms with Gasteiger partial charge in [0, 0.05) is 11.4 Å². The summed E-state index contributed by atoms with van der Waals surface area (Å²) in [5.41, 5.74) is 3.65. The first kappa shape index (κ1) is 30.0. The molecule has 9 nitrogen and oxygen atoms in total. The van der Waals surface area contributed by atoms with Crippen LogP contribution in [0.3, 0.4) is 0 Å². The van der Waals surface area contributed by atoms with Crippen molar-refractivity contribution in [3.05, 3.63) is 95.2 Å². The Kier molecular flexibility index (Phi) is 9.88. The molecule has 1 aliphatic heterocycles. The zero-order valence-electron chi connectivity index (χ0n) is 24.9. The van der Waals surface area contributed by atoms with Gasteiger partial charge < -0.3 is 24.8 Å². The molecule has 224 valence electrons. The molecule has 4 aromatic rings. The minimum absolute atomic E-state index is 0.271. The molecular formula is C33H37N5O4S. The van der Waals surface area contributed by atoms with Crippen LogP contribution in [0.5, 0.6) is 17.2 Å². The van der Waals surface area contributed by atoms with Gasteiger partial charge in [0.1, 0.15) is 18.4 Å². The number of para-hydroxylation sites is 2. The van der Waals surface area contributed by atoms with Crippen LogP contribution < -0.4 is 24.8 Å². The molecule has 1 aromatic heterocycles. The molecule has 0 spiro atoms. The number of nitrogens with one attached hydrogen (secondary N) is 2. The number of amides is 1. The van der Waals surface area contributed by atoms with Crippen LogP contribution in [0.15, 0.2) is 89.2 Å². The summed E-state index contributed by atoms with van der Waals surface area (Å²) in [6.45, 7) is 6.84. The molecule has 2 heterocycles. The van der Waals surface area contributed by atoms with E-state index in [0.717, 1.165) is 29.7 Å². The molecule has 0 saturated heterocycles. The number of nitrogens with zero attached hydrogens (tertiary/aromatic N) is 3. The lowest BCUT2D eigenvalue weighted by Crippen LogP contribution is -2.31. The highest BCUT2D eigenvalue weighted by Gasteiger charge is 2.35. The normalized spacial score (nSPS) is 14.1. The first-order chi connectivity index (χ1) is 21.0. The molecule has 0 fully saturated rings. The van der Waals surface area contributed by atoms with Gasteiger partial charge in [-0.05, 0) is 55.7 Å². The second kappa shape index (κ2) is 14.2. The summed E-state index contributed by atoms with van der Waals surface area (Å²) in [7, 11) is 1.61. The summed E-state index contributed by atoms with van der Waals surface area (Å²) in [6.07, 6.45) is 2.16. The molecule has 1 unspecified atom stereocenters. The zero-order chi connectivity index (χ0) is 30.2. The van der Waals surface area contributed by atoms with Crippen molar-refractivity contribution < 1.29 is 19.0 Å². The molecule has 10 heteroatoms. The molecule has 0 radical (unpaired) electrons. The Bertz CT molecular complexity index is 1590. The van der Waals surface area contributed by atoms with Crippen molar-refractivity contribution in [2.75, 3.05) is 30.1 Å². The molecule has 0 saturated carbocycles. The number of ether oxygens (including phenoxy) is 3. The van der Waals surface area contributed by atoms with Gasteiger partial charge in [-0.15, -0.1) is 5.10 Å². The molecule has 1 atom stereocenters. The zero-order valence-corrected chi connectivity index (χ0v) is 25.7. The Hall–Kier alpha value is -4.44. The van der Waals surface area contributed by atoms with Crippen LogP contribution in [0.4, 0.5) is 11.6 Å². The fourth-order valence-electron chi connectivity index (χ4n) is 4.85. The van der Waals surface area contributed by atoms with Crippen molar-refractivity contribution in [3.63, 3.8) is 0 Å². The minimum atomic E-state index is -0.569. The fraction of sp³-hybridized carbons (Fsp3) is 0.303. The van der Waals surface area contributed by atoms with Gasteiger partial charge >= 0.3 is 0 Å². The lowest BCUT2D eigenvalue weighted by Gasteiger charge is -2.29. The first-order valence-electron chi connectivity index (χ1n) is 14.5. The number of benzene rings is 3. The number of anilines is 2. The van der Waals surface area contributed by atoms with Crippen LogP contribution in [0, 0.1) is 0 Å². The number of carbonyl (C=O) groups is 1. The van der Waals surface area contributed by atoms with E-state index < -0.39 is 6.04 Å². The lowest BCUT2D eigenvalue weighted by atomic mass is 9.94. The van der Waals surface area contributed by atoms with E-state index in [1.54, 1.807) is 23.6 Å². The number of hydrogen-bond acceptors (Lipinski definition) is 8. The smallest absolute Gasteiger partial charge is 0.255 e. The summed E-state index contributed by atoms with van der Waals surface area (Å²) in [6, 6.07) is 22.5. The summed E-state index contributed by atoms with van der Waals surface area (Å²) >= 11 is 1.61. The van der Waals surface area contributed by atoms with Crippen molar-refractivity contribution >= 4 is 29.3 Å². The molecule has 2 N–H and O–H groups in total. The quantitative estimate of drug-likeness (QED) is 0.124. The SMILES string of the molecule is CCCCSc1nc2n(n1)C(c1ccc(OCc3ccccc3)c(OC)c1)C(C(=O)Nc1ccccc1OCC)=C(C)N2. The number of fused-ring (bicyclic) bond motifs is 1. The van der Waals surface area contributed by atoms with Crippen molar-refractivity contribution in [2.24, 2.45) is 0 Å². The largest absolute Gasteiger partial charge is 0.493 e. The minimum Gasteiger partial charge on any atom is -0.493 e. The number of carbonyl (C=O) groups excluding carboxylic acids is 1. The number of thioether (sulfide) groups is 1. The van der Waals surface area contributed by atoms with E-state index >= 15 is 0 Å². The molecule has 3 aromatic carbocycles. The standard InChI is InChI=1S/C33H37N5O4S/c1-5-7-19-43-33-36-32-34-22(3)29(31(39)35-25-15-11-12-16-26(25)41-6-2)30(38(32)37-33)24-17-18-27(28(20-24)40-4)42-21-23-13-9-8-10-14-23/h8-18,20,30H,5-7,19,21H2,1-4H3,(H,35,39)(H,34,36,37). The maximum absolute atomic E-state index is 14.0. The van der Waals surface area contributed by atoms with Crippen molar-refractivity contribution in [2.45, 2.75) is 51.4 Å². The lowest BCUT2D eigenvalue weighted by molar-refractivity contribution is -0.113. The van der Waals surface area contributed by atoms with Gasteiger partial charge in [-0.1, -0.05) is 73.6 Å². The third-order valence-corrected chi connectivity index (χ3v) is 7.91. The molecule has 0 bridgehead atoms. The number of hydrogen-bond donors (Lipinski definition) is 2. The Labute approximate surface area is 256 Å². The van der Waals surface area contributed by atoms with E-state index in [1.165, 1.54) is 0 Å². The van der Waals surface area contributed by atoms with Crippen LogP contribution in [0.25, 0.3) is 0 Å². The molecule has 1 aliphatic rings. The number of rotatable bonds is 13. The van der Waals surface area contributed by atoms with E-state index in [9.17, 15) is 4.79 Å². The summed E-state index contributed by atoms with van der Waals surface area (Å²) in [5, 5.41) is 11.9. The van der Waals surface area contributed by atoms with E-state index in [2.05, 4.69) is 17.6 Å². The predicted molar refractivity (Wildman–Crippen MR) is 170 cm³/mol.